The average Bonchev–Trinajstić information content (AvgIpc) is 2.72. The lowest BCUT2D eigenvalue weighted by Crippen LogP contribution is -2.49. The van der Waals surface area contributed by atoms with E-state index in [4.69, 9.17) is 11.2 Å². The Balaban J connectivity index is 2.38. The van der Waals surface area contributed by atoms with Crippen LogP contribution >= 0.6 is 0 Å². The van der Waals surface area contributed by atoms with Crippen LogP contribution in [0, 0.1) is 18.2 Å². The summed E-state index contributed by atoms with van der Waals surface area (Å²) >= 11 is 0. The van der Waals surface area contributed by atoms with E-state index >= 15 is 0 Å². The van der Waals surface area contributed by atoms with Gasteiger partial charge in [0.15, 0.2) is 5.60 Å². The van der Waals surface area contributed by atoms with Crippen molar-refractivity contribution in [2.75, 3.05) is 7.11 Å². The summed E-state index contributed by atoms with van der Waals surface area (Å²) in [7, 11) is 1.52. The Morgan fingerprint density at radius 1 is 1.18 bits per heavy atom. The predicted octanol–water partition coefficient (Wildman–Crippen LogP) is 5.31. The largest absolute Gasteiger partial charge is 0.497 e. The standard InChI is InChI=1S/C25H27F4NO3/c1-6-13-24(32,25(27,28)29)15-23(3,4)21-12-9-18(26)14-20(21)22(31)30-16(2)17-7-10-19(33-5)11-8-17/h1,7-12,14,16,32H,13,15H2,2-5H3,(H,30,31)/t16-,24?/m0/s1. The van der Waals surface area contributed by atoms with Gasteiger partial charge in [0.25, 0.3) is 5.91 Å². The van der Waals surface area contributed by atoms with E-state index in [2.05, 4.69) is 5.32 Å². The highest BCUT2D eigenvalue weighted by atomic mass is 19.4. The van der Waals surface area contributed by atoms with Crippen molar-refractivity contribution in [3.8, 4) is 18.1 Å². The first-order chi connectivity index (χ1) is 15.2. The van der Waals surface area contributed by atoms with Gasteiger partial charge in [0, 0.05) is 12.0 Å². The monoisotopic (exact) mass is 465 g/mol. The van der Waals surface area contributed by atoms with Gasteiger partial charge in [0.1, 0.15) is 11.6 Å². The molecule has 2 atom stereocenters. The van der Waals surface area contributed by atoms with E-state index in [9.17, 15) is 27.5 Å². The Morgan fingerprint density at radius 3 is 2.30 bits per heavy atom. The molecule has 33 heavy (non-hydrogen) atoms. The fraction of sp³-hybridized carbons (Fsp3) is 0.400. The number of carbonyl (C=O) groups is 1. The molecule has 8 heteroatoms. The van der Waals surface area contributed by atoms with Gasteiger partial charge in [-0.05, 0) is 54.2 Å². The number of ether oxygens (including phenoxy) is 1. The lowest BCUT2D eigenvalue weighted by atomic mass is 9.72. The average molecular weight is 465 g/mol. The van der Waals surface area contributed by atoms with Crippen LogP contribution in [-0.2, 0) is 5.41 Å². The van der Waals surface area contributed by atoms with Crippen LogP contribution in [0.5, 0.6) is 5.75 Å². The SMILES string of the molecule is C#CCC(O)(CC(C)(C)c1ccc(F)cc1C(=O)N[C@@H](C)c1ccc(OC)cc1)C(F)(F)F. The van der Waals surface area contributed by atoms with Crippen LogP contribution < -0.4 is 10.1 Å². The topological polar surface area (TPSA) is 58.6 Å². The molecule has 2 aromatic rings. The van der Waals surface area contributed by atoms with E-state index < -0.39 is 47.8 Å². The Hall–Kier alpha value is -3.05. The van der Waals surface area contributed by atoms with Crippen molar-refractivity contribution < 1.29 is 32.2 Å². The first-order valence-electron chi connectivity index (χ1n) is 10.2. The van der Waals surface area contributed by atoms with Gasteiger partial charge in [-0.2, -0.15) is 13.2 Å². The molecule has 0 bridgehead atoms. The zero-order valence-corrected chi connectivity index (χ0v) is 18.9. The number of carbonyl (C=O) groups excluding carboxylic acids is 1. The number of halogens is 4. The summed E-state index contributed by atoms with van der Waals surface area (Å²) in [6.45, 7) is 4.60. The zero-order valence-electron chi connectivity index (χ0n) is 18.9. The fourth-order valence-corrected chi connectivity index (χ4v) is 3.80. The molecule has 0 aliphatic carbocycles. The van der Waals surface area contributed by atoms with Crippen LogP contribution in [0.4, 0.5) is 17.6 Å². The van der Waals surface area contributed by atoms with E-state index in [1.54, 1.807) is 31.2 Å². The first kappa shape index (κ1) is 26.2. The maximum atomic E-state index is 14.0. The lowest BCUT2D eigenvalue weighted by Gasteiger charge is -2.37. The molecule has 0 saturated carbocycles. The molecule has 2 aromatic carbocycles. The molecule has 0 spiro atoms. The van der Waals surface area contributed by atoms with Crippen LogP contribution in [-0.4, -0.2) is 29.9 Å². The van der Waals surface area contributed by atoms with Crippen molar-refractivity contribution in [1.82, 2.24) is 5.32 Å². The molecule has 0 aliphatic heterocycles. The number of hydrogen-bond acceptors (Lipinski definition) is 3. The maximum absolute atomic E-state index is 14.0. The summed E-state index contributed by atoms with van der Waals surface area (Å²) in [6.07, 6.45) is -1.68. The van der Waals surface area contributed by atoms with Gasteiger partial charge in [-0.25, -0.2) is 4.39 Å². The number of alkyl halides is 3. The Bertz CT molecular complexity index is 1030. The number of hydrogen-bond donors (Lipinski definition) is 2. The molecule has 4 nitrogen and oxygen atoms in total. The van der Waals surface area contributed by atoms with Gasteiger partial charge >= 0.3 is 6.18 Å². The highest BCUT2D eigenvalue weighted by molar-refractivity contribution is 5.96. The summed E-state index contributed by atoms with van der Waals surface area (Å²) in [4.78, 5) is 13.0. The minimum atomic E-state index is -4.98. The third-order valence-corrected chi connectivity index (χ3v) is 5.58. The van der Waals surface area contributed by atoms with Crippen molar-refractivity contribution >= 4 is 5.91 Å². The van der Waals surface area contributed by atoms with E-state index in [1.165, 1.54) is 27.0 Å². The molecule has 0 fully saturated rings. The van der Waals surface area contributed by atoms with Gasteiger partial charge in [-0.15, -0.1) is 12.3 Å². The van der Waals surface area contributed by atoms with E-state index in [1.807, 2.05) is 5.92 Å². The van der Waals surface area contributed by atoms with Crippen LogP contribution in [0.15, 0.2) is 42.5 Å². The molecule has 0 radical (unpaired) electrons. The number of benzene rings is 2. The molecule has 0 aromatic heterocycles. The summed E-state index contributed by atoms with van der Waals surface area (Å²) in [5.41, 5.74) is -3.75. The van der Waals surface area contributed by atoms with E-state index in [0.717, 1.165) is 17.7 Å². The third kappa shape index (κ3) is 6.05. The van der Waals surface area contributed by atoms with Crippen molar-refractivity contribution in [2.24, 2.45) is 0 Å². The second kappa shape index (κ2) is 9.84. The number of methoxy groups -OCH3 is 1. The first-order valence-corrected chi connectivity index (χ1v) is 10.2. The van der Waals surface area contributed by atoms with Gasteiger partial charge < -0.3 is 15.2 Å². The Morgan fingerprint density at radius 2 is 1.79 bits per heavy atom. The van der Waals surface area contributed by atoms with Crippen LogP contribution in [0.2, 0.25) is 0 Å². The van der Waals surface area contributed by atoms with Gasteiger partial charge in [0.2, 0.25) is 0 Å². The quantitative estimate of drug-likeness (QED) is 0.410. The Kier molecular flexibility index (Phi) is 7.81. The van der Waals surface area contributed by atoms with Crippen molar-refractivity contribution in [1.29, 1.82) is 0 Å². The molecule has 2 rings (SSSR count). The van der Waals surface area contributed by atoms with Gasteiger partial charge in [0.05, 0.1) is 13.2 Å². The summed E-state index contributed by atoms with van der Waals surface area (Å²) in [5.74, 6) is 1.13. The molecular weight excluding hydrogens is 438 g/mol. The number of amides is 1. The number of aliphatic hydroxyl groups is 1. The van der Waals surface area contributed by atoms with Crippen molar-refractivity contribution in [2.45, 2.75) is 56.8 Å². The fourth-order valence-electron chi connectivity index (χ4n) is 3.80. The van der Waals surface area contributed by atoms with Crippen molar-refractivity contribution in [3.05, 3.63) is 65.0 Å². The number of terminal acetylenes is 1. The lowest BCUT2D eigenvalue weighted by molar-refractivity contribution is -0.264. The summed E-state index contributed by atoms with van der Waals surface area (Å²) in [5, 5.41) is 13.1. The van der Waals surface area contributed by atoms with Gasteiger partial charge in [-0.1, -0.05) is 32.0 Å². The zero-order chi connectivity index (χ0) is 25.0. The minimum Gasteiger partial charge on any atom is -0.497 e. The molecule has 0 heterocycles. The van der Waals surface area contributed by atoms with E-state index in [-0.39, 0.29) is 11.1 Å². The summed E-state index contributed by atoms with van der Waals surface area (Å²) in [6, 6.07) is 9.77. The highest BCUT2D eigenvalue weighted by Gasteiger charge is 2.55. The Labute approximate surface area is 191 Å². The number of nitrogens with one attached hydrogen (secondary N) is 1. The molecule has 1 amide bonds. The highest BCUT2D eigenvalue weighted by Crippen LogP contribution is 2.43. The second-order valence-corrected chi connectivity index (χ2v) is 8.63. The smallest absolute Gasteiger partial charge is 0.418 e. The predicted molar refractivity (Wildman–Crippen MR) is 117 cm³/mol. The second-order valence-electron chi connectivity index (χ2n) is 8.63. The molecule has 0 saturated heterocycles. The third-order valence-electron chi connectivity index (χ3n) is 5.58. The molecule has 1 unspecified atom stereocenters. The van der Waals surface area contributed by atoms with Crippen LogP contribution in [0.3, 0.4) is 0 Å². The number of rotatable bonds is 8. The normalized spacial score (nSPS) is 14.7. The maximum Gasteiger partial charge on any atom is 0.418 e. The molecular formula is C25H27F4NO3. The van der Waals surface area contributed by atoms with Crippen LogP contribution in [0.25, 0.3) is 0 Å². The molecule has 2 N–H and O–H groups in total. The van der Waals surface area contributed by atoms with Gasteiger partial charge in [-0.3, -0.25) is 4.79 Å². The van der Waals surface area contributed by atoms with Crippen molar-refractivity contribution in [3.63, 3.8) is 0 Å². The minimum absolute atomic E-state index is 0.120. The van der Waals surface area contributed by atoms with Crippen LogP contribution in [0.1, 0.15) is 61.1 Å². The van der Waals surface area contributed by atoms with E-state index in [0.29, 0.717) is 5.75 Å². The molecule has 0 aliphatic rings. The molecule has 178 valence electrons. The summed E-state index contributed by atoms with van der Waals surface area (Å²) < 4.78 is 59.9.